The first-order chi connectivity index (χ1) is 9.78. The van der Waals surface area contributed by atoms with E-state index in [1.165, 1.54) is 18.4 Å². The summed E-state index contributed by atoms with van der Waals surface area (Å²) in [6.07, 6.45) is 2.80. The molecule has 0 unspecified atom stereocenters. The average Bonchev–Trinajstić information content (AvgIpc) is 2.35. The third-order valence-corrected chi connectivity index (χ3v) is 9.46. The van der Waals surface area contributed by atoms with Crippen LogP contribution in [-0.2, 0) is 15.8 Å². The molecule has 0 aromatic heterocycles. The first kappa shape index (κ1) is 16.7. The molecular formula is C18H30O2Si. The highest BCUT2D eigenvalue weighted by atomic mass is 28.4. The Labute approximate surface area is 131 Å². The third kappa shape index (κ3) is 4.66. The van der Waals surface area contributed by atoms with Gasteiger partial charge in [-0.1, -0.05) is 51.1 Å². The molecule has 1 saturated carbocycles. The van der Waals surface area contributed by atoms with E-state index in [4.69, 9.17) is 9.16 Å². The molecule has 0 spiro atoms. The second kappa shape index (κ2) is 6.63. The largest absolute Gasteiger partial charge is 0.414 e. The van der Waals surface area contributed by atoms with Gasteiger partial charge in [0.15, 0.2) is 8.32 Å². The Bertz CT molecular complexity index is 430. The van der Waals surface area contributed by atoms with Crippen molar-refractivity contribution in [1.29, 1.82) is 0 Å². The third-order valence-electron chi connectivity index (χ3n) is 4.93. The first-order valence-corrected chi connectivity index (χ1v) is 11.0. The van der Waals surface area contributed by atoms with Crippen molar-refractivity contribution in [2.24, 2.45) is 5.92 Å². The van der Waals surface area contributed by atoms with Gasteiger partial charge in [-0.2, -0.15) is 0 Å². The van der Waals surface area contributed by atoms with Crippen LogP contribution in [0.5, 0.6) is 0 Å². The summed E-state index contributed by atoms with van der Waals surface area (Å²) in [6.45, 7) is 13.2. The van der Waals surface area contributed by atoms with E-state index in [1.807, 2.05) is 6.07 Å². The summed E-state index contributed by atoms with van der Waals surface area (Å²) < 4.78 is 12.2. The summed E-state index contributed by atoms with van der Waals surface area (Å²) in [7, 11) is -1.59. The number of hydrogen-bond donors (Lipinski definition) is 0. The molecule has 2 rings (SSSR count). The second-order valence-corrected chi connectivity index (χ2v) is 12.6. The highest BCUT2D eigenvalue weighted by Gasteiger charge is 2.42. The van der Waals surface area contributed by atoms with Gasteiger partial charge in [0.05, 0.1) is 13.2 Å². The van der Waals surface area contributed by atoms with Crippen LogP contribution in [0.1, 0.15) is 39.2 Å². The normalized spacial score (nSPS) is 22.9. The van der Waals surface area contributed by atoms with Crippen molar-refractivity contribution < 1.29 is 9.16 Å². The van der Waals surface area contributed by atoms with E-state index in [0.29, 0.717) is 17.1 Å². The van der Waals surface area contributed by atoms with Gasteiger partial charge in [-0.25, -0.2) is 0 Å². The summed E-state index contributed by atoms with van der Waals surface area (Å²) in [4.78, 5) is 0. The molecule has 1 fully saturated rings. The highest BCUT2D eigenvalue weighted by molar-refractivity contribution is 6.74. The molecule has 0 atom stereocenters. The molecule has 0 aliphatic heterocycles. The Morgan fingerprint density at radius 2 is 1.71 bits per heavy atom. The lowest BCUT2D eigenvalue weighted by Crippen LogP contribution is -2.48. The number of hydrogen-bond acceptors (Lipinski definition) is 2. The molecule has 0 bridgehead atoms. The Kier molecular flexibility index (Phi) is 5.28. The smallest absolute Gasteiger partial charge is 0.192 e. The van der Waals surface area contributed by atoms with Gasteiger partial charge in [-0.3, -0.25) is 0 Å². The zero-order valence-corrected chi connectivity index (χ0v) is 15.2. The van der Waals surface area contributed by atoms with Crippen LogP contribution in [0.15, 0.2) is 30.3 Å². The molecule has 2 nitrogen and oxygen atoms in total. The van der Waals surface area contributed by atoms with Gasteiger partial charge in [0, 0.05) is 6.10 Å². The van der Waals surface area contributed by atoms with E-state index >= 15 is 0 Å². The lowest BCUT2D eigenvalue weighted by atomic mass is 9.83. The maximum Gasteiger partial charge on any atom is 0.192 e. The summed E-state index contributed by atoms with van der Waals surface area (Å²) in [5, 5.41) is 0.307. The molecule has 0 N–H and O–H groups in total. The fourth-order valence-corrected chi connectivity index (χ4v) is 3.80. The molecule has 1 aliphatic rings. The molecule has 0 radical (unpaired) electrons. The topological polar surface area (TPSA) is 18.5 Å². The molecule has 1 aromatic carbocycles. The first-order valence-electron chi connectivity index (χ1n) is 8.07. The Morgan fingerprint density at radius 3 is 2.29 bits per heavy atom. The van der Waals surface area contributed by atoms with Crippen molar-refractivity contribution in [1.82, 2.24) is 0 Å². The lowest BCUT2D eigenvalue weighted by Gasteiger charge is -2.44. The van der Waals surface area contributed by atoms with Gasteiger partial charge in [0.25, 0.3) is 0 Å². The van der Waals surface area contributed by atoms with E-state index < -0.39 is 8.32 Å². The van der Waals surface area contributed by atoms with Crippen LogP contribution >= 0.6 is 0 Å². The Hall–Kier alpha value is -0.643. The zero-order chi connectivity index (χ0) is 15.5. The fourth-order valence-electron chi connectivity index (χ4n) is 2.42. The molecule has 1 aromatic rings. The van der Waals surface area contributed by atoms with Crippen molar-refractivity contribution in [3.63, 3.8) is 0 Å². The van der Waals surface area contributed by atoms with E-state index in [2.05, 4.69) is 58.1 Å². The molecule has 118 valence electrons. The summed E-state index contributed by atoms with van der Waals surface area (Å²) in [5.41, 5.74) is 1.26. The minimum atomic E-state index is -1.59. The van der Waals surface area contributed by atoms with Crippen LogP contribution in [0.25, 0.3) is 0 Å². The number of rotatable bonds is 6. The van der Waals surface area contributed by atoms with Gasteiger partial charge in [0.2, 0.25) is 0 Å². The van der Waals surface area contributed by atoms with Gasteiger partial charge in [-0.05, 0) is 42.5 Å². The quantitative estimate of drug-likeness (QED) is 0.688. The van der Waals surface area contributed by atoms with Crippen LogP contribution in [0.3, 0.4) is 0 Å². The maximum atomic E-state index is 6.42. The van der Waals surface area contributed by atoms with Crippen molar-refractivity contribution in [3.05, 3.63) is 35.9 Å². The summed E-state index contributed by atoms with van der Waals surface area (Å²) >= 11 is 0. The molecule has 1 aliphatic carbocycles. The fraction of sp³-hybridized carbons (Fsp3) is 0.667. The average molecular weight is 307 g/mol. The standard InChI is InChI=1S/C18H30O2Si/c1-18(2,3)21(4,5)20-17-11-16(12-17)14-19-13-15-9-7-6-8-10-15/h6-10,16-17H,11-14H2,1-5H3. The Morgan fingerprint density at radius 1 is 1.10 bits per heavy atom. The Balaban J connectivity index is 1.64. The number of benzene rings is 1. The minimum absolute atomic E-state index is 0.307. The molecule has 0 amide bonds. The van der Waals surface area contributed by atoms with E-state index in [0.717, 1.165) is 13.2 Å². The summed E-state index contributed by atoms with van der Waals surface area (Å²) in [6, 6.07) is 10.4. The summed E-state index contributed by atoms with van der Waals surface area (Å²) in [5.74, 6) is 0.684. The predicted molar refractivity (Wildman–Crippen MR) is 90.9 cm³/mol. The van der Waals surface area contributed by atoms with Crippen LogP contribution in [0.4, 0.5) is 0 Å². The SMILES string of the molecule is CC(C)(C)[Si](C)(C)OC1CC(COCc2ccccc2)C1. The van der Waals surface area contributed by atoms with Crippen LogP contribution in [-0.4, -0.2) is 21.0 Å². The zero-order valence-electron chi connectivity index (χ0n) is 14.2. The molecule has 21 heavy (non-hydrogen) atoms. The monoisotopic (exact) mass is 306 g/mol. The van der Waals surface area contributed by atoms with Crippen molar-refractivity contribution >= 4 is 8.32 Å². The molecule has 3 heteroatoms. The van der Waals surface area contributed by atoms with Gasteiger partial charge < -0.3 is 9.16 Å². The van der Waals surface area contributed by atoms with Crippen LogP contribution < -0.4 is 0 Å². The molecule has 0 saturated heterocycles. The second-order valence-electron chi connectivity index (χ2n) is 7.84. The molecule has 0 heterocycles. The number of ether oxygens (including phenoxy) is 1. The van der Waals surface area contributed by atoms with Crippen molar-refractivity contribution in [2.45, 2.75) is 64.5 Å². The highest BCUT2D eigenvalue weighted by Crippen LogP contribution is 2.41. The molecular weight excluding hydrogens is 276 g/mol. The maximum absolute atomic E-state index is 6.42. The van der Waals surface area contributed by atoms with E-state index in [9.17, 15) is 0 Å². The minimum Gasteiger partial charge on any atom is -0.414 e. The lowest BCUT2D eigenvalue weighted by molar-refractivity contribution is -0.00839. The van der Waals surface area contributed by atoms with Gasteiger partial charge >= 0.3 is 0 Å². The van der Waals surface area contributed by atoms with Crippen LogP contribution in [0, 0.1) is 5.92 Å². The van der Waals surface area contributed by atoms with E-state index in [1.54, 1.807) is 0 Å². The predicted octanol–water partition coefficient (Wildman–Crippen LogP) is 5.00. The van der Waals surface area contributed by atoms with Crippen molar-refractivity contribution in [3.8, 4) is 0 Å². The van der Waals surface area contributed by atoms with Crippen LogP contribution in [0.2, 0.25) is 18.1 Å². The van der Waals surface area contributed by atoms with Gasteiger partial charge in [-0.15, -0.1) is 0 Å². The van der Waals surface area contributed by atoms with E-state index in [-0.39, 0.29) is 0 Å². The van der Waals surface area contributed by atoms with Gasteiger partial charge in [0.1, 0.15) is 0 Å². The van der Waals surface area contributed by atoms with Crippen molar-refractivity contribution in [2.75, 3.05) is 6.61 Å².